The molecule has 0 aromatic heterocycles. The zero-order valence-corrected chi connectivity index (χ0v) is 18.4. The van der Waals surface area contributed by atoms with E-state index in [0.29, 0.717) is 5.41 Å². The molecule has 1 nitrogen and oxygen atoms in total. The summed E-state index contributed by atoms with van der Waals surface area (Å²) in [4.78, 5) is 0. The quantitative estimate of drug-likeness (QED) is 0.515. The maximum atomic E-state index is 10.1. The molecule has 27 heavy (non-hydrogen) atoms. The van der Waals surface area contributed by atoms with Gasteiger partial charge in [0.15, 0.2) is 0 Å². The van der Waals surface area contributed by atoms with Crippen LogP contribution in [0.3, 0.4) is 0 Å². The van der Waals surface area contributed by atoms with E-state index in [-0.39, 0.29) is 6.10 Å². The van der Waals surface area contributed by atoms with Crippen LogP contribution in [0.25, 0.3) is 0 Å². The summed E-state index contributed by atoms with van der Waals surface area (Å²) in [5, 5.41) is 10.1. The van der Waals surface area contributed by atoms with Crippen molar-refractivity contribution < 1.29 is 5.11 Å². The molecule has 0 bridgehead atoms. The van der Waals surface area contributed by atoms with Gasteiger partial charge in [-0.15, -0.1) is 0 Å². The number of allylic oxidation sites excluding steroid dienone is 1. The largest absolute Gasteiger partial charge is 0.393 e. The number of hydrogen-bond donors (Lipinski definition) is 1. The van der Waals surface area contributed by atoms with E-state index in [1.54, 1.807) is 5.57 Å². The molecule has 1 N–H and O–H groups in total. The Balaban J connectivity index is 1.45. The first kappa shape index (κ1) is 20.0. The van der Waals surface area contributed by atoms with Crippen molar-refractivity contribution >= 4 is 0 Å². The van der Waals surface area contributed by atoms with Crippen LogP contribution >= 0.6 is 0 Å². The summed E-state index contributed by atoms with van der Waals surface area (Å²) in [6, 6.07) is 0. The van der Waals surface area contributed by atoms with Crippen LogP contribution in [0.1, 0.15) is 98.3 Å². The number of rotatable bonds is 5. The third kappa shape index (κ3) is 3.67. The number of aliphatic hydroxyl groups is 1. The van der Waals surface area contributed by atoms with Gasteiger partial charge in [-0.25, -0.2) is 0 Å². The molecule has 8 atom stereocenters. The summed E-state index contributed by atoms with van der Waals surface area (Å²) in [5.74, 6) is 6.41. The fourth-order valence-corrected chi connectivity index (χ4v) is 8.27. The summed E-state index contributed by atoms with van der Waals surface area (Å²) < 4.78 is 0. The van der Waals surface area contributed by atoms with Crippen molar-refractivity contribution in [1.82, 2.24) is 0 Å². The molecule has 3 saturated carbocycles. The van der Waals surface area contributed by atoms with Gasteiger partial charge in [0, 0.05) is 0 Å². The van der Waals surface area contributed by atoms with E-state index in [0.717, 1.165) is 54.3 Å². The Labute approximate surface area is 168 Å². The van der Waals surface area contributed by atoms with Crippen molar-refractivity contribution in [3.63, 3.8) is 0 Å². The van der Waals surface area contributed by atoms with Crippen LogP contribution in [0.5, 0.6) is 0 Å². The van der Waals surface area contributed by atoms with Gasteiger partial charge in [-0.05, 0) is 98.2 Å². The van der Waals surface area contributed by atoms with Gasteiger partial charge in [-0.2, -0.15) is 0 Å². The monoisotopic (exact) mass is 372 g/mol. The highest BCUT2D eigenvalue weighted by molar-refractivity contribution is 5.20. The fraction of sp³-hybridized carbons (Fsp3) is 0.923. The Morgan fingerprint density at radius 2 is 1.85 bits per heavy atom. The molecule has 3 fully saturated rings. The van der Waals surface area contributed by atoms with Crippen molar-refractivity contribution in [2.24, 2.45) is 46.8 Å². The van der Waals surface area contributed by atoms with Crippen molar-refractivity contribution in [1.29, 1.82) is 0 Å². The summed E-state index contributed by atoms with van der Waals surface area (Å²) >= 11 is 0. The van der Waals surface area contributed by atoms with Crippen LogP contribution in [0.4, 0.5) is 0 Å². The van der Waals surface area contributed by atoms with E-state index in [4.69, 9.17) is 0 Å². The van der Waals surface area contributed by atoms with Gasteiger partial charge in [-0.1, -0.05) is 58.6 Å². The first-order valence-electron chi connectivity index (χ1n) is 12.3. The predicted octanol–water partition coefficient (Wildman–Crippen LogP) is 7.00. The van der Waals surface area contributed by atoms with Gasteiger partial charge < -0.3 is 5.11 Å². The lowest BCUT2D eigenvalue weighted by Gasteiger charge is -2.54. The van der Waals surface area contributed by atoms with Crippen LogP contribution in [-0.2, 0) is 0 Å². The number of hydrogen-bond acceptors (Lipinski definition) is 1. The zero-order valence-electron chi connectivity index (χ0n) is 18.4. The lowest BCUT2D eigenvalue weighted by atomic mass is 9.51. The maximum Gasteiger partial charge on any atom is 0.0577 e. The van der Waals surface area contributed by atoms with Crippen molar-refractivity contribution in [2.75, 3.05) is 0 Å². The molecule has 0 amide bonds. The predicted molar refractivity (Wildman–Crippen MR) is 114 cm³/mol. The highest BCUT2D eigenvalue weighted by Gasteiger charge is 2.56. The lowest BCUT2D eigenvalue weighted by Crippen LogP contribution is -2.47. The molecule has 0 saturated heterocycles. The molecule has 0 radical (unpaired) electrons. The van der Waals surface area contributed by atoms with E-state index in [2.05, 4.69) is 33.8 Å². The third-order valence-electron chi connectivity index (χ3n) is 9.62. The van der Waals surface area contributed by atoms with E-state index < -0.39 is 0 Å². The SMILES string of the molecule is CC(C)CCC[C@@H](C)[C@H]1CC[C@H]2[C@@H]3CC=C4C[C@@H](O)CCC4[C@H]3CC[C@]12C. The van der Waals surface area contributed by atoms with Gasteiger partial charge in [0.25, 0.3) is 0 Å². The van der Waals surface area contributed by atoms with Gasteiger partial charge >= 0.3 is 0 Å². The Hall–Kier alpha value is -0.300. The van der Waals surface area contributed by atoms with Crippen molar-refractivity contribution in [3.05, 3.63) is 11.6 Å². The van der Waals surface area contributed by atoms with E-state index >= 15 is 0 Å². The fourth-order valence-electron chi connectivity index (χ4n) is 8.27. The normalized spacial score (nSPS) is 45.0. The molecular weight excluding hydrogens is 328 g/mol. The second-order valence-electron chi connectivity index (χ2n) is 11.5. The van der Waals surface area contributed by atoms with Gasteiger partial charge in [0.05, 0.1) is 6.10 Å². The molecular formula is C26H44O. The standard InChI is InChI=1S/C26H44O/c1-17(2)6-5-7-18(3)24-12-13-25-23-10-8-19-16-20(27)9-11-21(19)22(23)14-15-26(24,25)4/h8,17-18,20-25,27H,5-7,9-16H2,1-4H3/t18-,20+,21?,22-,23-,24-,25+,26-/m1/s1. The van der Waals surface area contributed by atoms with Crippen LogP contribution in [0.2, 0.25) is 0 Å². The Morgan fingerprint density at radius 1 is 1.04 bits per heavy atom. The van der Waals surface area contributed by atoms with E-state index in [1.165, 1.54) is 57.8 Å². The minimum Gasteiger partial charge on any atom is -0.393 e. The average molecular weight is 373 g/mol. The summed E-state index contributed by atoms with van der Waals surface area (Å²) in [6.07, 6.45) is 17.3. The molecule has 0 spiro atoms. The van der Waals surface area contributed by atoms with Crippen LogP contribution in [0, 0.1) is 46.8 Å². The topological polar surface area (TPSA) is 20.2 Å². The first-order valence-corrected chi connectivity index (χ1v) is 12.3. The van der Waals surface area contributed by atoms with Gasteiger partial charge in [0.2, 0.25) is 0 Å². The molecule has 0 aliphatic heterocycles. The molecule has 4 rings (SSSR count). The van der Waals surface area contributed by atoms with Gasteiger partial charge in [0.1, 0.15) is 0 Å². The van der Waals surface area contributed by atoms with E-state index in [1.807, 2.05) is 0 Å². The highest BCUT2D eigenvalue weighted by atomic mass is 16.3. The smallest absolute Gasteiger partial charge is 0.0577 e. The molecule has 4 aliphatic rings. The Bertz CT molecular complexity index is 548. The molecule has 0 heterocycles. The summed E-state index contributed by atoms with van der Waals surface area (Å²) in [5.41, 5.74) is 2.24. The minimum absolute atomic E-state index is 0.0551. The second kappa shape index (κ2) is 7.85. The molecule has 0 aromatic rings. The first-order chi connectivity index (χ1) is 12.9. The molecule has 0 aromatic carbocycles. The molecule has 4 aliphatic carbocycles. The Morgan fingerprint density at radius 3 is 2.63 bits per heavy atom. The molecule has 154 valence electrons. The number of fused-ring (bicyclic) bond motifs is 5. The Kier molecular flexibility index (Phi) is 5.81. The maximum absolute atomic E-state index is 10.1. The number of aliphatic hydroxyl groups excluding tert-OH is 1. The second-order valence-corrected chi connectivity index (χ2v) is 11.5. The van der Waals surface area contributed by atoms with E-state index in [9.17, 15) is 5.11 Å². The van der Waals surface area contributed by atoms with Crippen LogP contribution < -0.4 is 0 Å². The third-order valence-corrected chi connectivity index (χ3v) is 9.62. The highest BCUT2D eigenvalue weighted by Crippen LogP contribution is 2.64. The molecule has 1 unspecified atom stereocenters. The molecule has 1 heteroatoms. The minimum atomic E-state index is -0.0551. The van der Waals surface area contributed by atoms with Gasteiger partial charge in [-0.3, -0.25) is 0 Å². The summed E-state index contributed by atoms with van der Waals surface area (Å²) in [7, 11) is 0. The van der Waals surface area contributed by atoms with Crippen molar-refractivity contribution in [2.45, 2.75) is 104 Å². The van der Waals surface area contributed by atoms with Crippen molar-refractivity contribution in [3.8, 4) is 0 Å². The van der Waals surface area contributed by atoms with Crippen LogP contribution in [-0.4, -0.2) is 11.2 Å². The lowest BCUT2D eigenvalue weighted by molar-refractivity contribution is -0.0294. The summed E-state index contributed by atoms with van der Waals surface area (Å²) in [6.45, 7) is 10.0. The zero-order chi connectivity index (χ0) is 19.2. The average Bonchev–Trinajstić information content (AvgIpc) is 2.98. The van der Waals surface area contributed by atoms with Crippen LogP contribution in [0.15, 0.2) is 11.6 Å².